The predicted molar refractivity (Wildman–Crippen MR) is 67.4 cm³/mol. The van der Waals surface area contributed by atoms with Crippen molar-refractivity contribution in [1.82, 2.24) is 9.78 Å². The van der Waals surface area contributed by atoms with Crippen LogP contribution in [0.2, 0.25) is 5.02 Å². The van der Waals surface area contributed by atoms with E-state index in [1.165, 1.54) is 12.1 Å². The fourth-order valence-electron chi connectivity index (χ4n) is 1.80. The molecule has 0 fully saturated rings. The molecule has 0 aliphatic heterocycles. The third kappa shape index (κ3) is 2.29. The van der Waals surface area contributed by atoms with E-state index in [-0.39, 0.29) is 16.4 Å². The zero-order valence-electron chi connectivity index (χ0n) is 10.1. The molecule has 1 aromatic heterocycles. The number of aryl methyl sites for hydroxylation is 2. The molecule has 0 unspecified atom stereocenters. The number of carbonyl (C=O) groups excluding carboxylic acids is 1. The van der Waals surface area contributed by atoms with Crippen molar-refractivity contribution < 1.29 is 9.18 Å². The summed E-state index contributed by atoms with van der Waals surface area (Å²) < 4.78 is 15.3. The number of hydrogen-bond donors (Lipinski definition) is 0. The molecule has 0 N–H and O–H groups in total. The fraction of sp³-hybridized carbons (Fsp3) is 0.231. The van der Waals surface area contributed by atoms with Crippen molar-refractivity contribution >= 4 is 17.4 Å². The standard InChI is InChI=1S/C13H12ClFN2O/c1-3-12-10(7-17(2)16-12)13(18)9-5-4-8(14)6-11(9)15/h4-7H,3H2,1-2H3. The van der Waals surface area contributed by atoms with Gasteiger partial charge in [-0.15, -0.1) is 0 Å². The van der Waals surface area contributed by atoms with Crippen LogP contribution in [0, 0.1) is 5.82 Å². The lowest BCUT2D eigenvalue weighted by Gasteiger charge is -2.02. The Hall–Kier alpha value is -1.68. The fourth-order valence-corrected chi connectivity index (χ4v) is 1.96. The highest BCUT2D eigenvalue weighted by atomic mass is 35.5. The normalized spacial score (nSPS) is 10.7. The first-order valence-corrected chi connectivity index (χ1v) is 5.93. The minimum atomic E-state index is -0.613. The topological polar surface area (TPSA) is 34.9 Å². The van der Waals surface area contributed by atoms with Gasteiger partial charge in [-0.25, -0.2) is 4.39 Å². The monoisotopic (exact) mass is 266 g/mol. The van der Waals surface area contributed by atoms with Crippen LogP contribution in [0.3, 0.4) is 0 Å². The Morgan fingerprint density at radius 3 is 2.78 bits per heavy atom. The molecule has 0 radical (unpaired) electrons. The number of carbonyl (C=O) groups is 1. The SMILES string of the molecule is CCc1nn(C)cc1C(=O)c1ccc(Cl)cc1F. The van der Waals surface area contributed by atoms with Crippen molar-refractivity contribution in [3.63, 3.8) is 0 Å². The van der Waals surface area contributed by atoms with E-state index in [1.807, 2.05) is 6.92 Å². The summed E-state index contributed by atoms with van der Waals surface area (Å²) in [5.41, 5.74) is 1.11. The third-order valence-electron chi connectivity index (χ3n) is 2.66. The van der Waals surface area contributed by atoms with Gasteiger partial charge < -0.3 is 0 Å². The van der Waals surface area contributed by atoms with Crippen LogP contribution in [-0.2, 0) is 13.5 Å². The molecule has 0 saturated carbocycles. The van der Waals surface area contributed by atoms with Crippen LogP contribution in [0.25, 0.3) is 0 Å². The van der Waals surface area contributed by atoms with Crippen LogP contribution >= 0.6 is 11.6 Å². The molecular formula is C13H12ClFN2O. The maximum atomic E-state index is 13.7. The third-order valence-corrected chi connectivity index (χ3v) is 2.90. The zero-order chi connectivity index (χ0) is 13.3. The van der Waals surface area contributed by atoms with Gasteiger partial charge in [0.1, 0.15) is 5.82 Å². The van der Waals surface area contributed by atoms with E-state index < -0.39 is 5.82 Å². The second kappa shape index (κ2) is 4.90. The average Bonchev–Trinajstić information content (AvgIpc) is 2.69. The lowest BCUT2D eigenvalue weighted by Crippen LogP contribution is -2.05. The molecule has 0 atom stereocenters. The molecule has 3 nitrogen and oxygen atoms in total. The largest absolute Gasteiger partial charge is 0.288 e. The van der Waals surface area contributed by atoms with E-state index in [2.05, 4.69) is 5.10 Å². The molecule has 0 aliphatic carbocycles. The van der Waals surface area contributed by atoms with Crippen LogP contribution in [0.5, 0.6) is 0 Å². The first kappa shape index (κ1) is 12.8. The van der Waals surface area contributed by atoms with Gasteiger partial charge in [0.15, 0.2) is 5.78 Å². The van der Waals surface area contributed by atoms with Crippen LogP contribution < -0.4 is 0 Å². The molecule has 5 heteroatoms. The number of nitrogens with zero attached hydrogens (tertiary/aromatic N) is 2. The number of halogens is 2. The zero-order valence-corrected chi connectivity index (χ0v) is 10.8. The minimum absolute atomic E-state index is 0.0158. The first-order valence-electron chi connectivity index (χ1n) is 5.55. The van der Waals surface area contributed by atoms with E-state index in [9.17, 15) is 9.18 Å². The molecule has 18 heavy (non-hydrogen) atoms. The van der Waals surface area contributed by atoms with Crippen molar-refractivity contribution in [2.75, 3.05) is 0 Å². The summed E-state index contributed by atoms with van der Waals surface area (Å²) in [5, 5.41) is 4.44. The number of benzene rings is 1. The van der Waals surface area contributed by atoms with Gasteiger partial charge in [-0.3, -0.25) is 9.48 Å². The van der Waals surface area contributed by atoms with Crippen LogP contribution in [0.4, 0.5) is 4.39 Å². The first-order chi connectivity index (χ1) is 8.52. The summed E-state index contributed by atoms with van der Waals surface area (Å²) in [7, 11) is 1.73. The van der Waals surface area contributed by atoms with Crippen LogP contribution in [-0.4, -0.2) is 15.6 Å². The molecule has 94 valence electrons. The summed E-state index contributed by atoms with van der Waals surface area (Å²) in [6, 6.07) is 4.03. The molecule has 0 amide bonds. The predicted octanol–water partition coefficient (Wildman–Crippen LogP) is 3.01. The van der Waals surface area contributed by atoms with Crippen molar-refractivity contribution in [3.8, 4) is 0 Å². The van der Waals surface area contributed by atoms with Crippen molar-refractivity contribution in [2.45, 2.75) is 13.3 Å². The molecule has 0 aliphatic rings. The van der Waals surface area contributed by atoms with Gasteiger partial charge in [0, 0.05) is 18.3 Å². The van der Waals surface area contributed by atoms with Crippen LogP contribution in [0.1, 0.15) is 28.5 Å². The van der Waals surface area contributed by atoms with Gasteiger partial charge in [-0.05, 0) is 24.6 Å². The second-order valence-electron chi connectivity index (χ2n) is 3.97. The van der Waals surface area contributed by atoms with Gasteiger partial charge in [-0.2, -0.15) is 5.10 Å². The molecular weight excluding hydrogens is 255 g/mol. The van der Waals surface area contributed by atoms with Crippen molar-refractivity contribution in [3.05, 3.63) is 52.1 Å². The molecule has 0 saturated heterocycles. The van der Waals surface area contributed by atoms with Crippen molar-refractivity contribution in [1.29, 1.82) is 0 Å². The maximum Gasteiger partial charge on any atom is 0.199 e. The van der Waals surface area contributed by atoms with E-state index in [0.29, 0.717) is 17.7 Å². The number of hydrogen-bond acceptors (Lipinski definition) is 2. The molecule has 0 spiro atoms. The number of aromatic nitrogens is 2. The molecule has 2 rings (SSSR count). The minimum Gasteiger partial charge on any atom is -0.288 e. The van der Waals surface area contributed by atoms with Gasteiger partial charge in [0.25, 0.3) is 0 Å². The van der Waals surface area contributed by atoms with Gasteiger partial charge >= 0.3 is 0 Å². The van der Waals surface area contributed by atoms with Gasteiger partial charge in [0.05, 0.1) is 16.8 Å². The van der Waals surface area contributed by atoms with Gasteiger partial charge in [0.2, 0.25) is 0 Å². The Morgan fingerprint density at radius 2 is 2.17 bits per heavy atom. The molecule has 2 aromatic rings. The summed E-state index contributed by atoms with van der Waals surface area (Å²) >= 11 is 5.66. The lowest BCUT2D eigenvalue weighted by molar-refractivity contribution is 0.103. The van der Waals surface area contributed by atoms with Gasteiger partial charge in [-0.1, -0.05) is 18.5 Å². The Balaban J connectivity index is 2.47. The Kier molecular flexibility index (Phi) is 3.48. The molecule has 1 heterocycles. The van der Waals surface area contributed by atoms with E-state index in [0.717, 1.165) is 6.07 Å². The summed E-state index contributed by atoms with van der Waals surface area (Å²) in [6.07, 6.45) is 2.23. The van der Waals surface area contributed by atoms with E-state index >= 15 is 0 Å². The highest BCUT2D eigenvalue weighted by Crippen LogP contribution is 2.19. The quantitative estimate of drug-likeness (QED) is 0.801. The Labute approximate surface area is 109 Å². The highest BCUT2D eigenvalue weighted by molar-refractivity contribution is 6.30. The van der Waals surface area contributed by atoms with Crippen molar-refractivity contribution in [2.24, 2.45) is 7.05 Å². The molecule has 1 aromatic carbocycles. The molecule has 0 bridgehead atoms. The summed E-state index contributed by atoms with van der Waals surface area (Å²) in [4.78, 5) is 12.2. The smallest absolute Gasteiger partial charge is 0.199 e. The van der Waals surface area contributed by atoms with Crippen LogP contribution in [0.15, 0.2) is 24.4 Å². The van der Waals surface area contributed by atoms with E-state index in [1.54, 1.807) is 17.9 Å². The summed E-state index contributed by atoms with van der Waals surface area (Å²) in [6.45, 7) is 1.90. The second-order valence-corrected chi connectivity index (χ2v) is 4.41. The lowest BCUT2D eigenvalue weighted by atomic mass is 10.0. The summed E-state index contributed by atoms with van der Waals surface area (Å²) in [5.74, 6) is -0.979. The number of rotatable bonds is 3. The highest BCUT2D eigenvalue weighted by Gasteiger charge is 2.19. The Morgan fingerprint density at radius 1 is 1.44 bits per heavy atom. The maximum absolute atomic E-state index is 13.7. The van der Waals surface area contributed by atoms with E-state index in [4.69, 9.17) is 11.6 Å². The number of ketones is 1. The Bertz CT molecular complexity index is 607. The average molecular weight is 267 g/mol.